The van der Waals surface area contributed by atoms with Gasteiger partial charge in [-0.25, -0.2) is 0 Å². The van der Waals surface area contributed by atoms with Crippen molar-refractivity contribution in [2.24, 2.45) is 0 Å². The van der Waals surface area contributed by atoms with Crippen molar-refractivity contribution in [2.45, 2.75) is 32.1 Å². The van der Waals surface area contributed by atoms with Crippen LogP contribution in [0.1, 0.15) is 30.4 Å². The van der Waals surface area contributed by atoms with Gasteiger partial charge in [0.15, 0.2) is 0 Å². The Hall–Kier alpha value is -3.08. The molecule has 1 heterocycles. The molecule has 0 saturated carbocycles. The first-order valence-electron chi connectivity index (χ1n) is 10.1. The molecule has 0 unspecified atom stereocenters. The first-order chi connectivity index (χ1) is 14.2. The third kappa shape index (κ3) is 6.21. The molecule has 2 aromatic carbocycles. The fourth-order valence-electron chi connectivity index (χ4n) is 3.40. The zero-order valence-corrected chi connectivity index (χ0v) is 16.7. The molecule has 1 N–H and O–H groups in total. The lowest BCUT2D eigenvalue weighted by atomic mass is 10.0. The van der Waals surface area contributed by atoms with Crippen molar-refractivity contribution in [1.29, 1.82) is 0 Å². The predicted molar refractivity (Wildman–Crippen MR) is 115 cm³/mol. The van der Waals surface area contributed by atoms with Crippen LogP contribution in [0.3, 0.4) is 0 Å². The monoisotopic (exact) mass is 392 g/mol. The van der Waals surface area contributed by atoms with Crippen molar-refractivity contribution in [2.75, 3.05) is 25.0 Å². The molecule has 0 atom stereocenters. The van der Waals surface area contributed by atoms with Gasteiger partial charge < -0.3 is 15.0 Å². The molecule has 0 aromatic heterocycles. The zero-order chi connectivity index (χ0) is 20.5. The van der Waals surface area contributed by atoms with Crippen LogP contribution in [0.4, 0.5) is 5.69 Å². The van der Waals surface area contributed by atoms with Crippen LogP contribution >= 0.6 is 0 Å². The van der Waals surface area contributed by atoms with E-state index in [1.807, 2.05) is 41.3 Å². The summed E-state index contributed by atoms with van der Waals surface area (Å²) in [7, 11) is 0. The van der Waals surface area contributed by atoms with Crippen molar-refractivity contribution in [3.05, 3.63) is 72.3 Å². The van der Waals surface area contributed by atoms with Crippen molar-refractivity contribution in [3.8, 4) is 5.75 Å². The maximum absolute atomic E-state index is 12.6. The average Bonchev–Trinajstić information content (AvgIpc) is 2.74. The highest BCUT2D eigenvalue weighted by Crippen LogP contribution is 2.26. The molecular formula is C24H28N2O3. The van der Waals surface area contributed by atoms with Crippen LogP contribution in [0.5, 0.6) is 5.75 Å². The largest absolute Gasteiger partial charge is 0.494 e. The van der Waals surface area contributed by atoms with E-state index in [9.17, 15) is 9.59 Å². The van der Waals surface area contributed by atoms with E-state index in [-0.39, 0.29) is 11.8 Å². The van der Waals surface area contributed by atoms with E-state index in [1.54, 1.807) is 6.08 Å². The lowest BCUT2D eigenvalue weighted by Crippen LogP contribution is -2.33. The van der Waals surface area contributed by atoms with Gasteiger partial charge in [0, 0.05) is 31.6 Å². The summed E-state index contributed by atoms with van der Waals surface area (Å²) < 4.78 is 5.81. The quantitative estimate of drug-likeness (QED) is 0.491. The number of amides is 2. The van der Waals surface area contributed by atoms with Gasteiger partial charge in [0.25, 0.3) is 0 Å². The Morgan fingerprint density at radius 2 is 2.00 bits per heavy atom. The lowest BCUT2D eigenvalue weighted by Gasteiger charge is -2.21. The van der Waals surface area contributed by atoms with E-state index in [1.165, 1.54) is 5.56 Å². The molecule has 152 valence electrons. The molecule has 0 fully saturated rings. The Balaban J connectivity index is 1.43. The average molecular weight is 392 g/mol. The van der Waals surface area contributed by atoms with E-state index in [0.29, 0.717) is 39.0 Å². The summed E-state index contributed by atoms with van der Waals surface area (Å²) in [5.41, 5.74) is 3.18. The summed E-state index contributed by atoms with van der Waals surface area (Å²) in [6.45, 7) is 5.50. The van der Waals surface area contributed by atoms with Crippen LogP contribution in [-0.4, -0.2) is 36.4 Å². The first kappa shape index (κ1) is 20.6. The Morgan fingerprint density at radius 3 is 2.79 bits per heavy atom. The van der Waals surface area contributed by atoms with Gasteiger partial charge in [-0.1, -0.05) is 36.4 Å². The van der Waals surface area contributed by atoms with Crippen LogP contribution in [0.2, 0.25) is 0 Å². The Kier molecular flexibility index (Phi) is 7.45. The summed E-state index contributed by atoms with van der Waals surface area (Å²) >= 11 is 0. The van der Waals surface area contributed by atoms with Crippen LogP contribution in [-0.2, 0) is 22.4 Å². The van der Waals surface area contributed by atoms with Crippen molar-refractivity contribution >= 4 is 17.5 Å². The number of ether oxygens (including phenoxy) is 1. The number of benzene rings is 2. The molecule has 5 nitrogen and oxygen atoms in total. The second-order valence-electron chi connectivity index (χ2n) is 7.18. The first-order valence-corrected chi connectivity index (χ1v) is 10.1. The Bertz CT molecular complexity index is 848. The molecule has 5 heteroatoms. The lowest BCUT2D eigenvalue weighted by molar-refractivity contribution is -0.130. The summed E-state index contributed by atoms with van der Waals surface area (Å²) in [5.74, 6) is 0.956. The van der Waals surface area contributed by atoms with Crippen molar-refractivity contribution < 1.29 is 14.3 Å². The Labute approximate surface area is 172 Å². The summed E-state index contributed by atoms with van der Waals surface area (Å²) in [4.78, 5) is 25.8. The van der Waals surface area contributed by atoms with Gasteiger partial charge in [-0.05, 0) is 48.6 Å². The van der Waals surface area contributed by atoms with E-state index < -0.39 is 0 Å². The number of carbonyl (C=O) groups excluding carboxylic acids is 2. The third-order valence-corrected chi connectivity index (χ3v) is 4.99. The minimum absolute atomic E-state index is 0.0565. The minimum atomic E-state index is 0.0565. The highest BCUT2D eigenvalue weighted by atomic mass is 16.5. The zero-order valence-electron chi connectivity index (χ0n) is 16.7. The molecule has 1 aliphatic heterocycles. The number of nitrogens with one attached hydrogen (secondary N) is 1. The molecule has 29 heavy (non-hydrogen) atoms. The maximum atomic E-state index is 12.6. The van der Waals surface area contributed by atoms with Gasteiger partial charge in [-0.2, -0.15) is 0 Å². The molecule has 0 radical (unpaired) electrons. The number of aryl methyl sites for hydroxylation is 1. The van der Waals surface area contributed by atoms with Crippen LogP contribution in [0.15, 0.2) is 61.2 Å². The highest BCUT2D eigenvalue weighted by molar-refractivity contribution is 5.94. The number of rotatable bonds is 10. The SMILES string of the molecule is C=CCN(CCc1ccccc1)C(=O)CCCOc1ccc2c(c1)CCC(=O)N2. The normalized spacial score (nSPS) is 12.6. The smallest absolute Gasteiger partial charge is 0.224 e. The fourth-order valence-corrected chi connectivity index (χ4v) is 3.40. The van der Waals surface area contributed by atoms with Gasteiger partial charge in [0.2, 0.25) is 11.8 Å². The van der Waals surface area contributed by atoms with E-state index in [0.717, 1.165) is 29.8 Å². The number of anilines is 1. The molecule has 0 aliphatic carbocycles. The number of hydrogen-bond donors (Lipinski definition) is 1. The number of nitrogens with zero attached hydrogens (tertiary/aromatic N) is 1. The summed E-state index contributed by atoms with van der Waals surface area (Å²) in [5, 5.41) is 2.86. The van der Waals surface area contributed by atoms with E-state index >= 15 is 0 Å². The predicted octanol–water partition coefficient (Wildman–Crippen LogP) is 3.99. The van der Waals surface area contributed by atoms with Crippen LogP contribution < -0.4 is 10.1 Å². The van der Waals surface area contributed by atoms with Gasteiger partial charge in [-0.3, -0.25) is 9.59 Å². The molecule has 3 rings (SSSR count). The maximum Gasteiger partial charge on any atom is 0.224 e. The molecule has 0 saturated heterocycles. The fraction of sp³-hybridized carbons (Fsp3) is 0.333. The van der Waals surface area contributed by atoms with E-state index in [4.69, 9.17) is 4.74 Å². The number of fused-ring (bicyclic) bond motifs is 1. The molecular weight excluding hydrogens is 364 g/mol. The van der Waals surface area contributed by atoms with Crippen molar-refractivity contribution in [1.82, 2.24) is 4.90 Å². The minimum Gasteiger partial charge on any atom is -0.494 e. The van der Waals surface area contributed by atoms with Crippen molar-refractivity contribution in [3.63, 3.8) is 0 Å². The van der Waals surface area contributed by atoms with Gasteiger partial charge in [-0.15, -0.1) is 6.58 Å². The van der Waals surface area contributed by atoms with Gasteiger partial charge in [0.1, 0.15) is 5.75 Å². The van der Waals surface area contributed by atoms with Crippen LogP contribution in [0, 0.1) is 0 Å². The van der Waals surface area contributed by atoms with E-state index in [2.05, 4.69) is 24.0 Å². The topological polar surface area (TPSA) is 58.6 Å². The molecule has 0 spiro atoms. The molecule has 2 aromatic rings. The standard InChI is InChI=1S/C24H28N2O3/c1-2-15-26(16-14-19-7-4-3-5-8-19)24(28)9-6-17-29-21-11-12-22-20(18-21)10-13-23(27)25-22/h2-5,7-8,11-12,18H,1,6,9-10,13-17H2,(H,25,27). The highest BCUT2D eigenvalue weighted by Gasteiger charge is 2.15. The molecule has 2 amide bonds. The molecule has 0 bridgehead atoms. The summed E-state index contributed by atoms with van der Waals surface area (Å²) in [6.07, 6.45) is 4.95. The Morgan fingerprint density at radius 1 is 1.17 bits per heavy atom. The van der Waals surface area contributed by atoms with Crippen LogP contribution in [0.25, 0.3) is 0 Å². The second-order valence-corrected chi connectivity index (χ2v) is 7.18. The second kappa shape index (κ2) is 10.5. The third-order valence-electron chi connectivity index (χ3n) is 4.99. The summed E-state index contributed by atoms with van der Waals surface area (Å²) in [6, 6.07) is 15.9. The number of hydrogen-bond acceptors (Lipinski definition) is 3. The van der Waals surface area contributed by atoms with Gasteiger partial charge in [0.05, 0.1) is 6.61 Å². The number of carbonyl (C=O) groups is 2. The van der Waals surface area contributed by atoms with Gasteiger partial charge >= 0.3 is 0 Å². The molecule has 1 aliphatic rings.